The minimum Gasteiger partial charge on any atom is -0.373 e. The Hall–Kier alpha value is -1.43. The molecule has 25 heavy (non-hydrogen) atoms. The van der Waals surface area contributed by atoms with Gasteiger partial charge < -0.3 is 15.4 Å². The second-order valence-corrected chi connectivity index (χ2v) is 7.49. The molecular weight excluding hydrogens is 314 g/mol. The molecule has 0 bridgehead atoms. The van der Waals surface area contributed by atoms with E-state index in [2.05, 4.69) is 53.6 Å². The van der Waals surface area contributed by atoms with Crippen molar-refractivity contribution in [3.8, 4) is 0 Å². The first-order valence-corrected chi connectivity index (χ1v) is 9.57. The molecule has 5 heteroatoms. The summed E-state index contributed by atoms with van der Waals surface area (Å²) in [5.74, 6) is 0.125. The van der Waals surface area contributed by atoms with Crippen molar-refractivity contribution in [1.29, 1.82) is 0 Å². The Morgan fingerprint density at radius 2 is 1.84 bits per heavy atom. The van der Waals surface area contributed by atoms with Gasteiger partial charge in [0, 0.05) is 26.2 Å². The molecule has 0 radical (unpaired) electrons. The molecule has 138 valence electrons. The molecule has 2 saturated heterocycles. The number of ether oxygens (including phenoxy) is 1. The van der Waals surface area contributed by atoms with Crippen LogP contribution in [0, 0.1) is 0 Å². The van der Waals surface area contributed by atoms with E-state index in [9.17, 15) is 4.79 Å². The lowest BCUT2D eigenvalue weighted by atomic mass is 10.0. The lowest BCUT2D eigenvalue weighted by Gasteiger charge is -2.35. The van der Waals surface area contributed by atoms with Gasteiger partial charge in [-0.3, -0.25) is 9.69 Å². The molecule has 3 atom stereocenters. The minimum atomic E-state index is -0.0154. The third-order valence-electron chi connectivity index (χ3n) is 5.02. The van der Waals surface area contributed by atoms with Gasteiger partial charge in [-0.05, 0) is 44.4 Å². The van der Waals surface area contributed by atoms with Gasteiger partial charge in [0.25, 0.3) is 0 Å². The highest BCUT2D eigenvalue weighted by atomic mass is 16.5. The molecule has 0 aromatic heterocycles. The molecule has 3 rings (SSSR count). The van der Waals surface area contributed by atoms with Crippen molar-refractivity contribution in [2.75, 3.05) is 19.6 Å². The molecule has 2 aliphatic heterocycles. The summed E-state index contributed by atoms with van der Waals surface area (Å²) in [6, 6.07) is 8.57. The monoisotopic (exact) mass is 345 g/mol. The van der Waals surface area contributed by atoms with Crippen LogP contribution in [0.1, 0.15) is 44.2 Å². The summed E-state index contributed by atoms with van der Waals surface area (Å²) < 4.78 is 5.79. The van der Waals surface area contributed by atoms with Gasteiger partial charge in [-0.15, -0.1) is 0 Å². The molecule has 2 fully saturated rings. The van der Waals surface area contributed by atoms with Gasteiger partial charge in [0.1, 0.15) is 0 Å². The van der Waals surface area contributed by atoms with Gasteiger partial charge in [0.2, 0.25) is 5.91 Å². The van der Waals surface area contributed by atoms with Gasteiger partial charge in [0.05, 0.1) is 18.2 Å². The van der Waals surface area contributed by atoms with Crippen molar-refractivity contribution in [3.63, 3.8) is 0 Å². The fourth-order valence-corrected chi connectivity index (χ4v) is 3.82. The van der Waals surface area contributed by atoms with Crippen LogP contribution in [0.2, 0.25) is 0 Å². The van der Waals surface area contributed by atoms with Gasteiger partial charge in [-0.25, -0.2) is 0 Å². The topological polar surface area (TPSA) is 53.6 Å². The fourth-order valence-electron chi connectivity index (χ4n) is 3.82. The Balaban J connectivity index is 1.46. The number of nitrogens with zero attached hydrogens (tertiary/aromatic N) is 1. The normalized spacial score (nSPS) is 27.8. The average Bonchev–Trinajstić information content (AvgIpc) is 2.61. The first kappa shape index (κ1) is 18.4. The highest BCUT2D eigenvalue weighted by molar-refractivity contribution is 5.81. The highest BCUT2D eigenvalue weighted by Gasteiger charge is 2.22. The van der Waals surface area contributed by atoms with Crippen LogP contribution in [0.5, 0.6) is 0 Å². The van der Waals surface area contributed by atoms with Crippen molar-refractivity contribution in [2.45, 2.75) is 64.4 Å². The van der Waals surface area contributed by atoms with Crippen molar-refractivity contribution in [3.05, 3.63) is 35.4 Å². The van der Waals surface area contributed by atoms with Gasteiger partial charge in [-0.1, -0.05) is 30.7 Å². The van der Waals surface area contributed by atoms with E-state index in [1.54, 1.807) is 0 Å². The number of rotatable bonds is 5. The zero-order valence-corrected chi connectivity index (χ0v) is 15.5. The molecular formula is C20H31N3O2. The van der Waals surface area contributed by atoms with Crippen LogP contribution in [-0.4, -0.2) is 48.7 Å². The van der Waals surface area contributed by atoms with Gasteiger partial charge >= 0.3 is 0 Å². The number of piperidine rings is 1. The summed E-state index contributed by atoms with van der Waals surface area (Å²) in [6.45, 7) is 8.74. The summed E-state index contributed by atoms with van der Waals surface area (Å²) >= 11 is 0. The van der Waals surface area contributed by atoms with E-state index >= 15 is 0 Å². The Kier molecular flexibility index (Phi) is 6.45. The second-order valence-electron chi connectivity index (χ2n) is 7.49. The molecule has 1 aromatic rings. The van der Waals surface area contributed by atoms with E-state index in [-0.39, 0.29) is 11.9 Å². The Morgan fingerprint density at radius 3 is 2.48 bits per heavy atom. The van der Waals surface area contributed by atoms with Crippen LogP contribution in [-0.2, 0) is 22.6 Å². The van der Waals surface area contributed by atoms with E-state index < -0.39 is 0 Å². The first-order valence-electron chi connectivity index (χ1n) is 9.57. The molecule has 2 N–H and O–H groups in total. The number of carbonyl (C=O) groups excluding carboxylic acids is 1. The number of hydrogen-bond acceptors (Lipinski definition) is 4. The van der Waals surface area contributed by atoms with E-state index in [0.717, 1.165) is 44.6 Å². The average molecular weight is 345 g/mol. The fraction of sp³-hybridized carbons (Fsp3) is 0.650. The Labute approximate surface area is 151 Å². The molecule has 3 unspecified atom stereocenters. The maximum absolute atomic E-state index is 12.2. The summed E-state index contributed by atoms with van der Waals surface area (Å²) in [4.78, 5) is 14.6. The highest BCUT2D eigenvalue weighted by Crippen LogP contribution is 2.15. The van der Waals surface area contributed by atoms with Gasteiger partial charge in [0.15, 0.2) is 0 Å². The predicted molar refractivity (Wildman–Crippen MR) is 99.2 cm³/mol. The number of morpholine rings is 1. The van der Waals surface area contributed by atoms with E-state index in [1.807, 2.05) is 0 Å². The largest absolute Gasteiger partial charge is 0.373 e. The van der Waals surface area contributed by atoms with Crippen molar-refractivity contribution in [1.82, 2.24) is 15.5 Å². The zero-order valence-electron chi connectivity index (χ0n) is 15.5. The Morgan fingerprint density at radius 1 is 1.16 bits per heavy atom. The van der Waals surface area contributed by atoms with Crippen LogP contribution >= 0.6 is 0 Å². The third kappa shape index (κ3) is 5.53. The van der Waals surface area contributed by atoms with Crippen molar-refractivity contribution >= 4 is 5.91 Å². The molecule has 5 nitrogen and oxygen atoms in total. The van der Waals surface area contributed by atoms with E-state index in [0.29, 0.717) is 18.8 Å². The lowest BCUT2D eigenvalue weighted by molar-refractivity contribution is -0.123. The van der Waals surface area contributed by atoms with Crippen LogP contribution in [0.4, 0.5) is 0 Å². The molecule has 0 spiro atoms. The maximum Gasteiger partial charge on any atom is 0.237 e. The molecule has 2 heterocycles. The number of benzene rings is 1. The quantitative estimate of drug-likeness (QED) is 0.858. The zero-order chi connectivity index (χ0) is 17.6. The molecule has 1 amide bonds. The number of carbonyl (C=O) groups is 1. The van der Waals surface area contributed by atoms with E-state index in [4.69, 9.17) is 4.74 Å². The number of hydrogen-bond donors (Lipinski definition) is 2. The summed E-state index contributed by atoms with van der Waals surface area (Å²) in [7, 11) is 0. The standard InChI is InChI=1S/C20H31N3O2/c1-15-12-23(13-16(2)25-15)14-18-8-6-17(7-9-18)11-22-20(24)19-5-3-4-10-21-19/h6-9,15-16,19,21H,3-5,10-14H2,1-2H3,(H,22,24). The summed E-state index contributed by atoms with van der Waals surface area (Å²) in [5, 5.41) is 6.34. The SMILES string of the molecule is CC1CN(Cc2ccc(CNC(=O)C3CCCCN3)cc2)CC(C)O1. The lowest BCUT2D eigenvalue weighted by Crippen LogP contribution is -2.46. The first-order chi connectivity index (χ1) is 12.1. The van der Waals surface area contributed by atoms with Crippen LogP contribution < -0.4 is 10.6 Å². The Bertz CT molecular complexity index is 545. The molecule has 1 aromatic carbocycles. The summed E-state index contributed by atoms with van der Waals surface area (Å²) in [5.41, 5.74) is 2.46. The second kappa shape index (κ2) is 8.79. The molecule has 0 saturated carbocycles. The number of nitrogens with one attached hydrogen (secondary N) is 2. The van der Waals surface area contributed by atoms with Crippen LogP contribution in [0.3, 0.4) is 0 Å². The number of amides is 1. The molecule has 0 aliphatic carbocycles. The van der Waals surface area contributed by atoms with E-state index in [1.165, 1.54) is 12.0 Å². The summed E-state index contributed by atoms with van der Waals surface area (Å²) in [6.07, 6.45) is 3.85. The minimum absolute atomic E-state index is 0.0154. The maximum atomic E-state index is 12.2. The van der Waals surface area contributed by atoms with Crippen molar-refractivity contribution < 1.29 is 9.53 Å². The van der Waals surface area contributed by atoms with Crippen molar-refractivity contribution in [2.24, 2.45) is 0 Å². The van der Waals surface area contributed by atoms with Crippen LogP contribution in [0.25, 0.3) is 0 Å². The third-order valence-corrected chi connectivity index (χ3v) is 5.02. The van der Waals surface area contributed by atoms with Gasteiger partial charge in [-0.2, -0.15) is 0 Å². The molecule has 2 aliphatic rings. The predicted octanol–water partition coefficient (Wildman–Crippen LogP) is 2.05. The van der Waals surface area contributed by atoms with Crippen LogP contribution in [0.15, 0.2) is 24.3 Å². The smallest absolute Gasteiger partial charge is 0.237 e.